The minimum Gasteiger partial charge on any atom is -0.494 e. The third-order valence-electron chi connectivity index (χ3n) is 3.61. The summed E-state index contributed by atoms with van der Waals surface area (Å²) in [6.45, 7) is 2.62. The molecule has 0 amide bonds. The molecule has 2 aromatic carbocycles. The number of benzene rings is 2. The Morgan fingerprint density at radius 1 is 1.04 bits per heavy atom. The molecule has 0 aliphatic rings. The predicted octanol–water partition coefficient (Wildman–Crippen LogP) is 5.48. The van der Waals surface area contributed by atoms with Gasteiger partial charge in [0.15, 0.2) is 11.0 Å². The van der Waals surface area contributed by atoms with E-state index in [1.165, 1.54) is 0 Å². The van der Waals surface area contributed by atoms with Crippen molar-refractivity contribution in [1.82, 2.24) is 14.8 Å². The van der Waals surface area contributed by atoms with Crippen LogP contribution in [0.3, 0.4) is 0 Å². The molecule has 130 valence electrons. The molecule has 0 bridgehead atoms. The van der Waals surface area contributed by atoms with Gasteiger partial charge in [0.1, 0.15) is 5.75 Å². The Morgan fingerprint density at radius 2 is 1.80 bits per heavy atom. The minimum atomic E-state index is 0.562. The molecule has 0 atom stereocenters. The zero-order valence-corrected chi connectivity index (χ0v) is 16.2. The molecule has 3 rings (SSSR count). The van der Waals surface area contributed by atoms with Crippen molar-refractivity contribution in [2.75, 3.05) is 6.61 Å². The van der Waals surface area contributed by atoms with Crippen molar-refractivity contribution in [3.8, 4) is 17.1 Å². The lowest BCUT2D eigenvalue weighted by Crippen LogP contribution is -1.96. The van der Waals surface area contributed by atoms with E-state index in [4.69, 9.17) is 27.9 Å². The van der Waals surface area contributed by atoms with Crippen LogP contribution in [0.15, 0.2) is 47.6 Å². The lowest BCUT2D eigenvalue weighted by Gasteiger charge is -2.06. The quantitative estimate of drug-likeness (QED) is 0.519. The molecule has 1 heterocycles. The number of hydrogen-bond acceptors (Lipinski definition) is 4. The Labute approximate surface area is 161 Å². The zero-order chi connectivity index (χ0) is 17.8. The van der Waals surface area contributed by atoms with E-state index in [0.29, 0.717) is 16.7 Å². The molecule has 0 N–H and O–H groups in total. The van der Waals surface area contributed by atoms with Crippen LogP contribution in [-0.4, -0.2) is 21.4 Å². The van der Waals surface area contributed by atoms with Gasteiger partial charge in [-0.2, -0.15) is 0 Å². The van der Waals surface area contributed by atoms with E-state index in [0.717, 1.165) is 33.6 Å². The van der Waals surface area contributed by atoms with Gasteiger partial charge >= 0.3 is 0 Å². The Kier molecular flexibility index (Phi) is 5.89. The molecule has 0 saturated carbocycles. The van der Waals surface area contributed by atoms with Crippen LogP contribution in [0.5, 0.6) is 5.75 Å². The highest BCUT2D eigenvalue weighted by Gasteiger charge is 2.12. The molecular formula is C18H17Cl2N3OS. The number of halogens is 2. The number of ether oxygens (including phenoxy) is 1. The van der Waals surface area contributed by atoms with Crippen LogP contribution in [0.4, 0.5) is 0 Å². The molecule has 0 saturated heterocycles. The van der Waals surface area contributed by atoms with Gasteiger partial charge < -0.3 is 9.30 Å². The van der Waals surface area contributed by atoms with Gasteiger partial charge in [-0.3, -0.25) is 0 Å². The topological polar surface area (TPSA) is 39.9 Å². The average Bonchev–Trinajstić information content (AvgIpc) is 2.98. The second-order valence-electron chi connectivity index (χ2n) is 5.36. The molecule has 25 heavy (non-hydrogen) atoms. The highest BCUT2D eigenvalue weighted by atomic mass is 35.5. The number of hydrogen-bond donors (Lipinski definition) is 0. The fourth-order valence-electron chi connectivity index (χ4n) is 2.34. The fourth-order valence-corrected chi connectivity index (χ4v) is 3.51. The van der Waals surface area contributed by atoms with E-state index in [9.17, 15) is 0 Å². The summed E-state index contributed by atoms with van der Waals surface area (Å²) < 4.78 is 7.45. The third-order valence-corrected chi connectivity index (χ3v) is 5.44. The van der Waals surface area contributed by atoms with Gasteiger partial charge in [-0.05, 0) is 48.9 Å². The van der Waals surface area contributed by atoms with Crippen LogP contribution in [0.25, 0.3) is 11.4 Å². The lowest BCUT2D eigenvalue weighted by molar-refractivity contribution is 0.340. The minimum absolute atomic E-state index is 0.562. The summed E-state index contributed by atoms with van der Waals surface area (Å²) in [4.78, 5) is 0. The van der Waals surface area contributed by atoms with Crippen LogP contribution >= 0.6 is 35.0 Å². The van der Waals surface area contributed by atoms with Crippen LogP contribution < -0.4 is 4.74 Å². The Hall–Kier alpha value is -1.69. The number of aromatic nitrogens is 3. The van der Waals surface area contributed by atoms with Crippen molar-refractivity contribution in [3.63, 3.8) is 0 Å². The van der Waals surface area contributed by atoms with Gasteiger partial charge in [0.05, 0.1) is 16.7 Å². The second-order valence-corrected chi connectivity index (χ2v) is 7.12. The Bertz CT molecular complexity index is 865. The van der Waals surface area contributed by atoms with Crippen molar-refractivity contribution < 1.29 is 4.74 Å². The summed E-state index contributed by atoms with van der Waals surface area (Å²) in [6.07, 6.45) is 0. The normalized spacial score (nSPS) is 10.9. The summed E-state index contributed by atoms with van der Waals surface area (Å²) in [5, 5.41) is 10.6. The van der Waals surface area contributed by atoms with Gasteiger partial charge in [0.25, 0.3) is 0 Å². The smallest absolute Gasteiger partial charge is 0.191 e. The van der Waals surface area contributed by atoms with Crippen LogP contribution in [0, 0.1) is 0 Å². The fraction of sp³-hybridized carbons (Fsp3) is 0.222. The van der Waals surface area contributed by atoms with E-state index >= 15 is 0 Å². The maximum Gasteiger partial charge on any atom is 0.191 e. The van der Waals surface area contributed by atoms with Crippen molar-refractivity contribution in [3.05, 3.63) is 58.1 Å². The predicted molar refractivity (Wildman–Crippen MR) is 104 cm³/mol. The number of rotatable bonds is 6. The first-order chi connectivity index (χ1) is 12.1. The molecule has 0 unspecified atom stereocenters. The lowest BCUT2D eigenvalue weighted by atomic mass is 10.2. The molecule has 1 aromatic heterocycles. The first-order valence-electron chi connectivity index (χ1n) is 7.78. The summed E-state index contributed by atoms with van der Waals surface area (Å²) in [6, 6.07) is 13.5. The highest BCUT2D eigenvalue weighted by Crippen LogP contribution is 2.29. The molecule has 0 aliphatic heterocycles. The zero-order valence-electron chi connectivity index (χ0n) is 13.9. The first-order valence-corrected chi connectivity index (χ1v) is 9.52. The van der Waals surface area contributed by atoms with Crippen molar-refractivity contribution in [1.29, 1.82) is 0 Å². The van der Waals surface area contributed by atoms with Crippen molar-refractivity contribution in [2.24, 2.45) is 7.05 Å². The maximum atomic E-state index is 6.06. The summed E-state index contributed by atoms with van der Waals surface area (Å²) in [5.41, 5.74) is 2.09. The Balaban J connectivity index is 1.73. The monoisotopic (exact) mass is 393 g/mol. The standard InChI is InChI=1S/C18H17Cl2N3OS/c1-3-24-14-7-5-13(6-8-14)17-21-22-18(23(17)2)25-11-12-4-9-15(19)16(20)10-12/h4-10H,3,11H2,1-2H3. The summed E-state index contributed by atoms with van der Waals surface area (Å²) in [5.74, 6) is 2.41. The van der Waals surface area contributed by atoms with Gasteiger partial charge in [-0.25, -0.2) is 0 Å². The van der Waals surface area contributed by atoms with E-state index in [-0.39, 0.29) is 0 Å². The summed E-state index contributed by atoms with van der Waals surface area (Å²) in [7, 11) is 1.96. The van der Waals surface area contributed by atoms with E-state index in [1.54, 1.807) is 11.8 Å². The third kappa shape index (κ3) is 4.29. The molecule has 0 spiro atoms. The molecule has 0 radical (unpaired) electrons. The first kappa shape index (κ1) is 18.1. The van der Waals surface area contributed by atoms with Crippen LogP contribution in [0.2, 0.25) is 10.0 Å². The molecular weight excluding hydrogens is 377 g/mol. The SMILES string of the molecule is CCOc1ccc(-c2nnc(SCc3ccc(Cl)c(Cl)c3)n2C)cc1. The van der Waals surface area contributed by atoms with Crippen LogP contribution in [-0.2, 0) is 12.8 Å². The van der Waals surface area contributed by atoms with E-state index in [2.05, 4.69) is 10.2 Å². The average molecular weight is 394 g/mol. The van der Waals surface area contributed by atoms with E-state index < -0.39 is 0 Å². The van der Waals surface area contributed by atoms with E-state index in [1.807, 2.05) is 61.0 Å². The van der Waals surface area contributed by atoms with Gasteiger partial charge in [-0.15, -0.1) is 10.2 Å². The van der Waals surface area contributed by atoms with Gasteiger partial charge in [0, 0.05) is 18.4 Å². The Morgan fingerprint density at radius 3 is 2.48 bits per heavy atom. The molecule has 7 heteroatoms. The maximum absolute atomic E-state index is 6.06. The van der Waals surface area contributed by atoms with Crippen molar-refractivity contribution in [2.45, 2.75) is 17.8 Å². The second kappa shape index (κ2) is 8.13. The number of nitrogens with zero attached hydrogens (tertiary/aromatic N) is 3. The van der Waals surface area contributed by atoms with Crippen LogP contribution in [0.1, 0.15) is 12.5 Å². The number of thioether (sulfide) groups is 1. The van der Waals surface area contributed by atoms with Gasteiger partial charge in [0.2, 0.25) is 0 Å². The summed E-state index contributed by atoms with van der Waals surface area (Å²) >= 11 is 13.6. The van der Waals surface area contributed by atoms with Crippen molar-refractivity contribution >= 4 is 35.0 Å². The molecule has 3 aromatic rings. The highest BCUT2D eigenvalue weighted by molar-refractivity contribution is 7.98. The molecule has 0 fully saturated rings. The molecule has 4 nitrogen and oxygen atoms in total. The largest absolute Gasteiger partial charge is 0.494 e. The molecule has 0 aliphatic carbocycles. The van der Waals surface area contributed by atoms with Gasteiger partial charge in [-0.1, -0.05) is 41.0 Å².